The zero-order valence-electron chi connectivity index (χ0n) is 9.81. The van der Waals surface area contributed by atoms with E-state index in [0.29, 0.717) is 5.92 Å². The van der Waals surface area contributed by atoms with Gasteiger partial charge in [0.25, 0.3) is 0 Å². The van der Waals surface area contributed by atoms with Crippen LogP contribution in [0.1, 0.15) is 31.7 Å². The molecule has 0 saturated carbocycles. The summed E-state index contributed by atoms with van der Waals surface area (Å²) in [5.74, 6) is 0.535. The second-order valence-corrected chi connectivity index (χ2v) is 4.53. The van der Waals surface area contributed by atoms with Crippen LogP contribution in [0.25, 0.3) is 0 Å². The lowest BCUT2D eigenvalue weighted by Gasteiger charge is -2.33. The van der Waals surface area contributed by atoms with Crippen LogP contribution in [0.5, 0.6) is 0 Å². The van der Waals surface area contributed by atoms with Crippen LogP contribution in [-0.2, 0) is 4.79 Å². The number of carbonyl (C=O) groups is 1. The van der Waals surface area contributed by atoms with Crippen molar-refractivity contribution in [2.75, 3.05) is 11.4 Å². The molecule has 2 N–H and O–H groups in total. The number of nitrogens with two attached hydrogens (primary N) is 1. The molecule has 2 rings (SSSR count). The maximum Gasteiger partial charge on any atom is 0.243 e. The van der Waals surface area contributed by atoms with E-state index in [9.17, 15) is 4.79 Å². The molecule has 1 amide bonds. The molecule has 1 aliphatic heterocycles. The molecule has 0 saturated heterocycles. The van der Waals surface area contributed by atoms with Crippen molar-refractivity contribution in [3.8, 4) is 0 Å². The normalized spacial score (nSPS) is 21.4. The van der Waals surface area contributed by atoms with Crippen LogP contribution >= 0.6 is 0 Å². The van der Waals surface area contributed by atoms with Gasteiger partial charge in [0, 0.05) is 12.2 Å². The van der Waals surface area contributed by atoms with Crippen molar-refractivity contribution in [1.29, 1.82) is 0 Å². The zero-order chi connectivity index (χ0) is 11.7. The second-order valence-electron chi connectivity index (χ2n) is 4.53. The summed E-state index contributed by atoms with van der Waals surface area (Å²) in [6.45, 7) is 4.72. The fourth-order valence-corrected chi connectivity index (χ4v) is 2.22. The van der Waals surface area contributed by atoms with Crippen molar-refractivity contribution in [3.05, 3.63) is 29.8 Å². The highest BCUT2D eigenvalue weighted by Crippen LogP contribution is 2.34. The minimum absolute atomic E-state index is 0.0133. The Labute approximate surface area is 96.2 Å². The van der Waals surface area contributed by atoms with E-state index in [1.807, 2.05) is 23.1 Å². The number of benzene rings is 1. The minimum atomic E-state index is -0.429. The summed E-state index contributed by atoms with van der Waals surface area (Å²) in [5.41, 5.74) is 7.95. The molecule has 1 heterocycles. The Hall–Kier alpha value is -1.35. The Morgan fingerprint density at radius 3 is 2.88 bits per heavy atom. The molecule has 1 aromatic rings. The predicted molar refractivity (Wildman–Crippen MR) is 65.5 cm³/mol. The van der Waals surface area contributed by atoms with Gasteiger partial charge in [0.15, 0.2) is 0 Å². The lowest BCUT2D eigenvalue weighted by molar-refractivity contribution is -0.119. The van der Waals surface area contributed by atoms with Gasteiger partial charge in [-0.05, 0) is 30.9 Å². The first-order valence-electron chi connectivity index (χ1n) is 5.77. The average Bonchev–Trinajstić information content (AvgIpc) is 2.29. The first-order chi connectivity index (χ1) is 7.61. The number of anilines is 1. The molecule has 3 nitrogen and oxygen atoms in total. The third-order valence-corrected chi connectivity index (χ3v) is 3.20. The molecule has 0 radical (unpaired) electrons. The lowest BCUT2D eigenvalue weighted by Crippen LogP contribution is -2.44. The van der Waals surface area contributed by atoms with Crippen LogP contribution in [0, 0.1) is 0 Å². The molecule has 0 aromatic heterocycles. The second kappa shape index (κ2) is 4.26. The molecule has 2 atom stereocenters. The SMILES string of the molecule is CC1CCN(C(=O)[C@@H](C)N)c2ccccc21. The average molecular weight is 218 g/mol. The Kier molecular flexibility index (Phi) is 2.97. The number of amides is 1. The Bertz CT molecular complexity index is 401. The van der Waals surface area contributed by atoms with Gasteiger partial charge in [-0.25, -0.2) is 0 Å². The van der Waals surface area contributed by atoms with Gasteiger partial charge in [0.2, 0.25) is 5.91 Å². The van der Waals surface area contributed by atoms with Crippen molar-refractivity contribution in [3.63, 3.8) is 0 Å². The molecular weight excluding hydrogens is 200 g/mol. The number of para-hydroxylation sites is 1. The highest BCUT2D eigenvalue weighted by molar-refractivity contribution is 5.97. The topological polar surface area (TPSA) is 46.3 Å². The monoisotopic (exact) mass is 218 g/mol. The zero-order valence-corrected chi connectivity index (χ0v) is 9.81. The van der Waals surface area contributed by atoms with Gasteiger partial charge in [-0.3, -0.25) is 4.79 Å². The number of hydrogen-bond donors (Lipinski definition) is 1. The molecule has 16 heavy (non-hydrogen) atoms. The van der Waals surface area contributed by atoms with E-state index in [1.54, 1.807) is 6.92 Å². The van der Waals surface area contributed by atoms with Crippen LogP contribution in [-0.4, -0.2) is 18.5 Å². The molecule has 1 aliphatic rings. The van der Waals surface area contributed by atoms with Gasteiger partial charge in [0.1, 0.15) is 0 Å². The summed E-state index contributed by atoms with van der Waals surface area (Å²) in [7, 11) is 0. The fourth-order valence-electron chi connectivity index (χ4n) is 2.22. The van der Waals surface area contributed by atoms with Crippen LogP contribution in [0.4, 0.5) is 5.69 Å². The van der Waals surface area contributed by atoms with Gasteiger partial charge in [-0.1, -0.05) is 25.1 Å². The third-order valence-electron chi connectivity index (χ3n) is 3.20. The summed E-state index contributed by atoms with van der Waals surface area (Å²) >= 11 is 0. The van der Waals surface area contributed by atoms with Crippen molar-refractivity contribution >= 4 is 11.6 Å². The summed E-state index contributed by atoms with van der Waals surface area (Å²) in [4.78, 5) is 13.8. The van der Waals surface area contributed by atoms with Crippen molar-refractivity contribution < 1.29 is 4.79 Å². The van der Waals surface area contributed by atoms with Gasteiger partial charge in [-0.2, -0.15) is 0 Å². The molecule has 0 bridgehead atoms. The third kappa shape index (κ3) is 1.83. The molecule has 3 heteroatoms. The molecular formula is C13H18N2O. The van der Waals surface area contributed by atoms with Gasteiger partial charge in [-0.15, -0.1) is 0 Å². The number of carbonyl (C=O) groups excluding carboxylic acids is 1. The Morgan fingerprint density at radius 2 is 2.19 bits per heavy atom. The predicted octanol–water partition coefficient (Wildman–Crippen LogP) is 1.87. The van der Waals surface area contributed by atoms with E-state index in [4.69, 9.17) is 5.73 Å². The molecule has 0 aliphatic carbocycles. The van der Waals surface area contributed by atoms with Gasteiger partial charge < -0.3 is 10.6 Å². The molecule has 1 aromatic carbocycles. The number of fused-ring (bicyclic) bond motifs is 1. The highest BCUT2D eigenvalue weighted by atomic mass is 16.2. The number of rotatable bonds is 1. The number of nitrogens with zero attached hydrogens (tertiary/aromatic N) is 1. The first-order valence-corrected chi connectivity index (χ1v) is 5.77. The van der Waals surface area contributed by atoms with Crippen LogP contribution in [0.15, 0.2) is 24.3 Å². The van der Waals surface area contributed by atoms with E-state index in [-0.39, 0.29) is 5.91 Å². The summed E-state index contributed by atoms with van der Waals surface area (Å²) in [6, 6.07) is 7.67. The van der Waals surface area contributed by atoms with Crippen LogP contribution in [0.2, 0.25) is 0 Å². The van der Waals surface area contributed by atoms with Crippen LogP contribution < -0.4 is 10.6 Å². The smallest absolute Gasteiger partial charge is 0.243 e. The summed E-state index contributed by atoms with van der Waals surface area (Å²) in [6.07, 6.45) is 1.01. The highest BCUT2D eigenvalue weighted by Gasteiger charge is 2.27. The van der Waals surface area contributed by atoms with E-state index < -0.39 is 6.04 Å². The number of hydrogen-bond acceptors (Lipinski definition) is 2. The lowest BCUT2D eigenvalue weighted by atomic mass is 9.91. The molecule has 1 unspecified atom stereocenters. The molecule has 0 fully saturated rings. The maximum absolute atomic E-state index is 12.0. The van der Waals surface area contributed by atoms with E-state index in [0.717, 1.165) is 18.7 Å². The Balaban J connectivity index is 2.38. The maximum atomic E-state index is 12.0. The largest absolute Gasteiger partial charge is 0.320 e. The minimum Gasteiger partial charge on any atom is -0.320 e. The quantitative estimate of drug-likeness (QED) is 0.782. The van der Waals surface area contributed by atoms with Crippen molar-refractivity contribution in [2.24, 2.45) is 5.73 Å². The summed E-state index contributed by atoms with van der Waals surface area (Å²) in [5, 5.41) is 0. The first kappa shape index (κ1) is 11.1. The summed E-state index contributed by atoms with van der Waals surface area (Å²) < 4.78 is 0. The van der Waals surface area contributed by atoms with Crippen molar-refractivity contribution in [1.82, 2.24) is 0 Å². The van der Waals surface area contributed by atoms with Gasteiger partial charge >= 0.3 is 0 Å². The Morgan fingerprint density at radius 1 is 1.50 bits per heavy atom. The van der Waals surface area contributed by atoms with E-state index >= 15 is 0 Å². The molecule has 86 valence electrons. The van der Waals surface area contributed by atoms with Gasteiger partial charge in [0.05, 0.1) is 6.04 Å². The standard InChI is InChI=1S/C13H18N2O/c1-9-7-8-15(13(16)10(2)14)12-6-4-3-5-11(9)12/h3-6,9-10H,7-8,14H2,1-2H3/t9?,10-/m1/s1. The van der Waals surface area contributed by atoms with Crippen LogP contribution in [0.3, 0.4) is 0 Å². The van der Waals surface area contributed by atoms with E-state index in [2.05, 4.69) is 13.0 Å². The molecule has 0 spiro atoms. The fraction of sp³-hybridized carbons (Fsp3) is 0.462. The van der Waals surface area contributed by atoms with Crippen molar-refractivity contribution in [2.45, 2.75) is 32.2 Å². The van der Waals surface area contributed by atoms with E-state index in [1.165, 1.54) is 5.56 Å².